The molecule has 0 N–H and O–H groups in total. The van der Waals surface area contributed by atoms with E-state index in [0.717, 1.165) is 69.2 Å². The van der Waals surface area contributed by atoms with E-state index in [1.165, 1.54) is 16.7 Å². The number of ether oxygens (including phenoxy) is 1. The van der Waals surface area contributed by atoms with Gasteiger partial charge in [-0.1, -0.05) is 48.0 Å². The summed E-state index contributed by atoms with van der Waals surface area (Å²) in [4.78, 5) is 17.5. The largest absolute Gasteiger partial charge is 0.379 e. The number of morpholine rings is 1. The first-order chi connectivity index (χ1) is 15.6. The van der Waals surface area contributed by atoms with Gasteiger partial charge < -0.3 is 9.64 Å². The number of piperidine rings is 1. The van der Waals surface area contributed by atoms with Crippen molar-refractivity contribution in [2.75, 3.05) is 39.4 Å². The van der Waals surface area contributed by atoms with E-state index >= 15 is 0 Å². The van der Waals surface area contributed by atoms with Crippen molar-refractivity contribution in [3.8, 4) is 0 Å². The number of likely N-dealkylation sites (tertiary alicyclic amines) is 1. The van der Waals surface area contributed by atoms with Gasteiger partial charge in [-0.05, 0) is 60.6 Å². The smallest absolute Gasteiger partial charge is 0.246 e. The van der Waals surface area contributed by atoms with E-state index in [1.54, 1.807) is 6.08 Å². The van der Waals surface area contributed by atoms with Gasteiger partial charge in [-0.15, -0.1) is 0 Å². The monoisotopic (exact) mass is 450 g/mol. The van der Waals surface area contributed by atoms with Crippen LogP contribution in [0.15, 0.2) is 48.5 Å². The average Bonchev–Trinajstić information content (AvgIpc) is 3.14. The number of halogens is 1. The summed E-state index contributed by atoms with van der Waals surface area (Å²) in [6.45, 7) is 7.17. The highest BCUT2D eigenvalue weighted by molar-refractivity contribution is 6.31. The SMILES string of the molecule is Cc1ccccc1/C=C/C(=O)N1CCC2(CC1)CC(N1CCOCC1)c1cccc(Cl)c12. The highest BCUT2D eigenvalue weighted by Crippen LogP contribution is 2.55. The molecule has 2 heterocycles. The number of rotatable bonds is 3. The minimum absolute atomic E-state index is 0.0627. The second-order valence-corrected chi connectivity index (χ2v) is 9.78. The first-order valence-electron chi connectivity index (χ1n) is 11.7. The van der Waals surface area contributed by atoms with Crippen molar-refractivity contribution in [2.24, 2.45) is 0 Å². The number of benzene rings is 2. The van der Waals surface area contributed by atoms with E-state index in [-0.39, 0.29) is 11.3 Å². The van der Waals surface area contributed by atoms with E-state index in [4.69, 9.17) is 16.3 Å². The molecule has 2 saturated heterocycles. The van der Waals surface area contributed by atoms with Gasteiger partial charge in [-0.25, -0.2) is 0 Å². The van der Waals surface area contributed by atoms with Gasteiger partial charge in [0, 0.05) is 48.7 Å². The van der Waals surface area contributed by atoms with E-state index in [1.807, 2.05) is 35.2 Å². The number of carbonyl (C=O) groups is 1. The van der Waals surface area contributed by atoms with Gasteiger partial charge in [0.2, 0.25) is 5.91 Å². The molecule has 2 aromatic rings. The predicted octanol–water partition coefficient (Wildman–Crippen LogP) is 5.00. The van der Waals surface area contributed by atoms with Crippen molar-refractivity contribution in [1.82, 2.24) is 9.80 Å². The Hall–Kier alpha value is -2.14. The Labute approximate surface area is 195 Å². The van der Waals surface area contributed by atoms with Crippen LogP contribution in [0.2, 0.25) is 5.02 Å². The lowest BCUT2D eigenvalue weighted by atomic mass is 9.73. The van der Waals surface area contributed by atoms with Crippen LogP contribution in [-0.4, -0.2) is 55.1 Å². The Morgan fingerprint density at radius 1 is 1.06 bits per heavy atom. The van der Waals surface area contributed by atoms with Crippen LogP contribution in [0.3, 0.4) is 0 Å². The maximum Gasteiger partial charge on any atom is 0.246 e. The summed E-state index contributed by atoms with van der Waals surface area (Å²) in [5, 5.41) is 0.887. The fraction of sp³-hybridized carbons (Fsp3) is 0.444. The van der Waals surface area contributed by atoms with Crippen LogP contribution in [0.5, 0.6) is 0 Å². The maximum atomic E-state index is 12.9. The zero-order chi connectivity index (χ0) is 22.1. The topological polar surface area (TPSA) is 32.8 Å². The second kappa shape index (κ2) is 9.01. The van der Waals surface area contributed by atoms with Gasteiger partial charge in [0.15, 0.2) is 0 Å². The fourth-order valence-corrected chi connectivity index (χ4v) is 6.21. The summed E-state index contributed by atoms with van der Waals surface area (Å²) in [6.07, 6.45) is 6.70. The summed E-state index contributed by atoms with van der Waals surface area (Å²) in [6, 6.07) is 14.9. The van der Waals surface area contributed by atoms with Gasteiger partial charge in [0.25, 0.3) is 0 Å². The van der Waals surface area contributed by atoms with Crippen LogP contribution in [-0.2, 0) is 14.9 Å². The Bertz CT molecular complexity index is 1020. The first-order valence-corrected chi connectivity index (χ1v) is 12.1. The summed E-state index contributed by atoms with van der Waals surface area (Å²) in [5.41, 5.74) is 5.06. The molecule has 0 aromatic heterocycles. The standard InChI is InChI=1S/C27H31ClN2O2/c1-20-5-2-3-6-21(20)9-10-25(31)30-13-11-27(12-14-30)19-24(29-15-17-32-18-16-29)22-7-4-8-23(28)26(22)27/h2-10,24H,11-19H2,1H3/b10-9+. The Kier molecular flexibility index (Phi) is 6.11. The molecule has 0 bridgehead atoms. The molecule has 1 atom stereocenters. The zero-order valence-corrected chi connectivity index (χ0v) is 19.5. The average molecular weight is 451 g/mol. The third-order valence-corrected chi connectivity index (χ3v) is 7.95. The number of amides is 1. The molecule has 3 aliphatic rings. The first kappa shape index (κ1) is 21.7. The van der Waals surface area contributed by atoms with Crippen LogP contribution in [0.1, 0.15) is 47.6 Å². The van der Waals surface area contributed by atoms with Gasteiger partial charge >= 0.3 is 0 Å². The van der Waals surface area contributed by atoms with E-state index in [2.05, 4.69) is 30.0 Å². The minimum Gasteiger partial charge on any atom is -0.379 e. The minimum atomic E-state index is 0.0627. The normalized spacial score (nSPS) is 23.1. The fourth-order valence-electron chi connectivity index (χ4n) is 5.82. The Morgan fingerprint density at radius 3 is 2.56 bits per heavy atom. The van der Waals surface area contributed by atoms with Crippen LogP contribution >= 0.6 is 11.6 Å². The molecule has 0 saturated carbocycles. The van der Waals surface area contributed by atoms with Crippen molar-refractivity contribution in [2.45, 2.75) is 37.6 Å². The van der Waals surface area contributed by atoms with E-state index in [9.17, 15) is 4.79 Å². The molecule has 5 rings (SSSR count). The molecule has 2 fully saturated rings. The lowest BCUT2D eigenvalue weighted by Crippen LogP contribution is -2.45. The molecule has 1 spiro atoms. The summed E-state index contributed by atoms with van der Waals surface area (Å²) >= 11 is 6.79. The van der Waals surface area contributed by atoms with Gasteiger partial charge in [0.05, 0.1) is 13.2 Å². The molecular formula is C27H31ClN2O2. The number of carbonyl (C=O) groups excluding carboxylic acids is 1. The van der Waals surface area contributed by atoms with Crippen LogP contribution < -0.4 is 0 Å². The van der Waals surface area contributed by atoms with Crippen molar-refractivity contribution in [3.05, 3.63) is 75.8 Å². The Morgan fingerprint density at radius 2 is 1.81 bits per heavy atom. The van der Waals surface area contributed by atoms with Crippen LogP contribution in [0.25, 0.3) is 6.08 Å². The number of fused-ring (bicyclic) bond motifs is 2. The number of nitrogens with zero attached hydrogens (tertiary/aromatic N) is 2. The highest BCUT2D eigenvalue weighted by atomic mass is 35.5. The summed E-state index contributed by atoms with van der Waals surface area (Å²) in [7, 11) is 0. The maximum absolute atomic E-state index is 12.9. The molecule has 4 nitrogen and oxygen atoms in total. The Balaban J connectivity index is 1.32. The molecular weight excluding hydrogens is 420 g/mol. The molecule has 2 aromatic carbocycles. The van der Waals surface area contributed by atoms with E-state index in [0.29, 0.717) is 6.04 Å². The summed E-state index contributed by atoms with van der Waals surface area (Å²) in [5.74, 6) is 0.102. The number of hydrogen-bond acceptors (Lipinski definition) is 3. The molecule has 1 aliphatic carbocycles. The van der Waals surface area contributed by atoms with Crippen molar-refractivity contribution in [1.29, 1.82) is 0 Å². The second-order valence-electron chi connectivity index (χ2n) is 9.37. The highest BCUT2D eigenvalue weighted by Gasteiger charge is 2.48. The molecule has 32 heavy (non-hydrogen) atoms. The lowest BCUT2D eigenvalue weighted by Gasteiger charge is -2.41. The number of aryl methyl sites for hydroxylation is 1. The van der Waals surface area contributed by atoms with Crippen LogP contribution in [0, 0.1) is 6.92 Å². The van der Waals surface area contributed by atoms with Crippen molar-refractivity contribution >= 4 is 23.6 Å². The lowest BCUT2D eigenvalue weighted by molar-refractivity contribution is -0.127. The molecule has 5 heteroatoms. The number of hydrogen-bond donors (Lipinski definition) is 0. The molecule has 1 unspecified atom stereocenters. The predicted molar refractivity (Wildman–Crippen MR) is 129 cm³/mol. The molecule has 168 valence electrons. The van der Waals surface area contributed by atoms with Gasteiger partial charge in [-0.3, -0.25) is 9.69 Å². The summed E-state index contributed by atoms with van der Waals surface area (Å²) < 4.78 is 5.59. The molecule has 0 radical (unpaired) electrons. The van der Waals surface area contributed by atoms with Crippen LogP contribution in [0.4, 0.5) is 0 Å². The van der Waals surface area contributed by atoms with Gasteiger partial charge in [0.1, 0.15) is 0 Å². The quantitative estimate of drug-likeness (QED) is 0.617. The zero-order valence-electron chi connectivity index (χ0n) is 18.7. The van der Waals surface area contributed by atoms with Crippen molar-refractivity contribution < 1.29 is 9.53 Å². The van der Waals surface area contributed by atoms with E-state index < -0.39 is 0 Å². The third kappa shape index (κ3) is 4.00. The third-order valence-electron chi connectivity index (χ3n) is 7.63. The molecule has 1 amide bonds. The van der Waals surface area contributed by atoms with Crippen molar-refractivity contribution in [3.63, 3.8) is 0 Å². The molecule has 2 aliphatic heterocycles. The van der Waals surface area contributed by atoms with Gasteiger partial charge in [-0.2, -0.15) is 0 Å².